The van der Waals surface area contributed by atoms with Crippen LogP contribution in [0.15, 0.2) is 24.3 Å². The molecule has 100 valence electrons. The van der Waals surface area contributed by atoms with E-state index in [0.717, 1.165) is 11.4 Å². The highest BCUT2D eigenvalue weighted by molar-refractivity contribution is 5.91. The number of anilines is 2. The molecule has 0 saturated carbocycles. The molecule has 0 aliphatic carbocycles. The molecule has 0 aliphatic rings. The minimum absolute atomic E-state index is 0.0943. The third-order valence-corrected chi connectivity index (χ3v) is 2.66. The van der Waals surface area contributed by atoms with Crippen molar-refractivity contribution in [3.8, 4) is 0 Å². The Labute approximate surface area is 108 Å². The summed E-state index contributed by atoms with van der Waals surface area (Å²) < 4.78 is 5.08. The molecule has 1 aromatic carbocycles. The topological polar surface area (TPSA) is 67.6 Å². The van der Waals surface area contributed by atoms with Gasteiger partial charge in [0.05, 0.1) is 12.5 Å². The first kappa shape index (κ1) is 14.5. The van der Waals surface area contributed by atoms with Crippen LogP contribution < -0.4 is 16.0 Å². The Morgan fingerprint density at radius 2 is 2.22 bits per heavy atom. The Morgan fingerprint density at radius 3 is 2.78 bits per heavy atom. The average Bonchev–Trinajstić information content (AvgIpc) is 2.36. The summed E-state index contributed by atoms with van der Waals surface area (Å²) >= 11 is 0. The molecule has 0 fully saturated rings. The molecule has 1 amide bonds. The normalized spacial score (nSPS) is 12.0. The third-order valence-electron chi connectivity index (χ3n) is 2.66. The zero-order valence-electron chi connectivity index (χ0n) is 11.1. The first-order valence-corrected chi connectivity index (χ1v) is 5.87. The van der Waals surface area contributed by atoms with Crippen LogP contribution in [0.2, 0.25) is 0 Å². The van der Waals surface area contributed by atoms with E-state index >= 15 is 0 Å². The molecule has 0 spiro atoms. The molecule has 1 atom stereocenters. The lowest BCUT2D eigenvalue weighted by Crippen LogP contribution is -2.28. The van der Waals surface area contributed by atoms with Crippen LogP contribution in [0.1, 0.15) is 6.42 Å². The van der Waals surface area contributed by atoms with E-state index in [-0.39, 0.29) is 18.4 Å². The molecule has 5 nitrogen and oxygen atoms in total. The summed E-state index contributed by atoms with van der Waals surface area (Å²) in [5.74, 6) is -0.0943. The van der Waals surface area contributed by atoms with Crippen molar-refractivity contribution in [3.05, 3.63) is 24.3 Å². The van der Waals surface area contributed by atoms with E-state index in [0.29, 0.717) is 6.54 Å². The van der Waals surface area contributed by atoms with Crippen molar-refractivity contribution < 1.29 is 9.53 Å². The highest BCUT2D eigenvalue weighted by Crippen LogP contribution is 2.17. The number of rotatable bonds is 6. The molecule has 0 heterocycles. The van der Waals surface area contributed by atoms with Crippen molar-refractivity contribution in [3.63, 3.8) is 0 Å². The van der Waals surface area contributed by atoms with E-state index in [2.05, 4.69) is 5.32 Å². The smallest absolute Gasteiger partial charge is 0.227 e. The Kier molecular flexibility index (Phi) is 5.61. The lowest BCUT2D eigenvalue weighted by molar-refractivity contribution is -0.118. The largest absolute Gasteiger partial charge is 0.380 e. The van der Waals surface area contributed by atoms with Crippen molar-refractivity contribution in [2.24, 2.45) is 5.73 Å². The fourth-order valence-electron chi connectivity index (χ4n) is 1.54. The second-order valence-corrected chi connectivity index (χ2v) is 4.29. The summed E-state index contributed by atoms with van der Waals surface area (Å²) in [7, 11) is 5.46. The SMILES string of the molecule is COC(CN)CC(=O)Nc1cccc(N(C)C)c1. The standard InChI is InChI=1S/C13H21N3O2/c1-16(2)11-6-4-5-10(7-11)15-13(17)8-12(9-14)18-3/h4-7,12H,8-9,14H2,1-3H3,(H,15,17). The second kappa shape index (κ2) is 6.98. The van der Waals surface area contributed by atoms with Gasteiger partial charge in [0.2, 0.25) is 5.91 Å². The van der Waals surface area contributed by atoms with Gasteiger partial charge in [-0.15, -0.1) is 0 Å². The maximum Gasteiger partial charge on any atom is 0.227 e. The monoisotopic (exact) mass is 251 g/mol. The van der Waals surface area contributed by atoms with E-state index in [1.54, 1.807) is 7.11 Å². The molecule has 1 rings (SSSR count). The number of nitrogens with zero attached hydrogens (tertiary/aromatic N) is 1. The number of ether oxygens (including phenoxy) is 1. The van der Waals surface area contributed by atoms with Gasteiger partial charge in [0.25, 0.3) is 0 Å². The first-order chi connectivity index (χ1) is 8.56. The molecular formula is C13H21N3O2. The van der Waals surface area contributed by atoms with E-state index in [9.17, 15) is 4.79 Å². The van der Waals surface area contributed by atoms with Gasteiger partial charge in [0.1, 0.15) is 0 Å². The van der Waals surface area contributed by atoms with Gasteiger partial charge in [0.15, 0.2) is 0 Å². The van der Waals surface area contributed by atoms with Gasteiger partial charge in [-0.1, -0.05) is 6.07 Å². The van der Waals surface area contributed by atoms with Gasteiger partial charge in [0, 0.05) is 39.1 Å². The predicted molar refractivity (Wildman–Crippen MR) is 73.9 cm³/mol. The third kappa shape index (κ3) is 4.35. The number of nitrogens with two attached hydrogens (primary N) is 1. The van der Waals surface area contributed by atoms with Gasteiger partial charge >= 0.3 is 0 Å². The van der Waals surface area contributed by atoms with Crippen molar-refractivity contribution >= 4 is 17.3 Å². The zero-order valence-corrected chi connectivity index (χ0v) is 11.1. The average molecular weight is 251 g/mol. The number of methoxy groups -OCH3 is 1. The summed E-state index contributed by atoms with van der Waals surface area (Å²) in [6, 6.07) is 7.66. The van der Waals surface area contributed by atoms with E-state index in [1.165, 1.54) is 0 Å². The van der Waals surface area contributed by atoms with Crippen molar-refractivity contribution in [1.82, 2.24) is 0 Å². The quantitative estimate of drug-likeness (QED) is 0.793. The Hall–Kier alpha value is -1.59. The number of amides is 1. The van der Waals surface area contributed by atoms with Crippen molar-refractivity contribution in [2.45, 2.75) is 12.5 Å². The Morgan fingerprint density at radius 1 is 1.50 bits per heavy atom. The van der Waals surface area contributed by atoms with E-state index in [1.807, 2.05) is 43.3 Å². The maximum absolute atomic E-state index is 11.8. The fourth-order valence-corrected chi connectivity index (χ4v) is 1.54. The lowest BCUT2D eigenvalue weighted by atomic mass is 10.2. The number of carbonyl (C=O) groups is 1. The molecule has 3 N–H and O–H groups in total. The van der Waals surface area contributed by atoms with Gasteiger partial charge in [-0.2, -0.15) is 0 Å². The number of hydrogen-bond acceptors (Lipinski definition) is 4. The highest BCUT2D eigenvalue weighted by Gasteiger charge is 2.11. The van der Waals surface area contributed by atoms with E-state index < -0.39 is 0 Å². The Bertz CT molecular complexity index is 390. The fraction of sp³-hybridized carbons (Fsp3) is 0.462. The molecule has 1 unspecified atom stereocenters. The van der Waals surface area contributed by atoms with Crippen LogP contribution in [0.3, 0.4) is 0 Å². The van der Waals surface area contributed by atoms with Gasteiger partial charge < -0.3 is 20.7 Å². The first-order valence-electron chi connectivity index (χ1n) is 5.87. The number of carbonyl (C=O) groups excluding carboxylic acids is 1. The molecule has 0 radical (unpaired) electrons. The molecule has 0 bridgehead atoms. The Balaban J connectivity index is 2.61. The summed E-state index contributed by atoms with van der Waals surface area (Å²) in [5.41, 5.74) is 7.29. The summed E-state index contributed by atoms with van der Waals surface area (Å²) in [4.78, 5) is 13.7. The number of nitrogens with one attached hydrogen (secondary N) is 1. The van der Waals surface area contributed by atoms with Crippen LogP contribution in [0, 0.1) is 0 Å². The molecule has 0 aromatic heterocycles. The van der Waals surface area contributed by atoms with Gasteiger partial charge in [-0.05, 0) is 18.2 Å². The highest BCUT2D eigenvalue weighted by atomic mass is 16.5. The van der Waals surface area contributed by atoms with Crippen molar-refractivity contribution in [2.75, 3.05) is 38.0 Å². The van der Waals surface area contributed by atoms with Crippen LogP contribution in [0.25, 0.3) is 0 Å². The molecule has 18 heavy (non-hydrogen) atoms. The van der Waals surface area contributed by atoms with Gasteiger partial charge in [-0.25, -0.2) is 0 Å². The van der Waals surface area contributed by atoms with Crippen LogP contribution in [-0.2, 0) is 9.53 Å². The minimum atomic E-state index is -0.234. The lowest BCUT2D eigenvalue weighted by Gasteiger charge is -2.15. The molecule has 5 heteroatoms. The number of benzene rings is 1. The van der Waals surface area contributed by atoms with Crippen LogP contribution in [0.5, 0.6) is 0 Å². The molecule has 0 saturated heterocycles. The predicted octanol–water partition coefficient (Wildman–Crippen LogP) is 1.05. The summed E-state index contributed by atoms with van der Waals surface area (Å²) in [6.45, 7) is 0.335. The van der Waals surface area contributed by atoms with E-state index in [4.69, 9.17) is 10.5 Å². The van der Waals surface area contributed by atoms with Crippen LogP contribution >= 0.6 is 0 Å². The van der Waals surface area contributed by atoms with Crippen LogP contribution in [0.4, 0.5) is 11.4 Å². The summed E-state index contributed by atoms with van der Waals surface area (Å²) in [5, 5.41) is 2.84. The van der Waals surface area contributed by atoms with Gasteiger partial charge in [-0.3, -0.25) is 4.79 Å². The molecular weight excluding hydrogens is 230 g/mol. The second-order valence-electron chi connectivity index (χ2n) is 4.29. The molecule has 1 aromatic rings. The van der Waals surface area contributed by atoms with Crippen molar-refractivity contribution in [1.29, 1.82) is 0 Å². The maximum atomic E-state index is 11.8. The summed E-state index contributed by atoms with van der Waals surface area (Å²) in [6.07, 6.45) is 0.0289. The minimum Gasteiger partial charge on any atom is -0.380 e. The number of hydrogen-bond donors (Lipinski definition) is 2. The molecule has 0 aliphatic heterocycles. The zero-order chi connectivity index (χ0) is 13.5. The van der Waals surface area contributed by atoms with Crippen LogP contribution in [-0.4, -0.2) is 39.8 Å².